The molecular formula is C25H19FN4O. The molecule has 1 unspecified atom stereocenters. The first kappa shape index (κ1) is 19.1. The molecule has 0 bridgehead atoms. The lowest BCUT2D eigenvalue weighted by atomic mass is 9.99. The first-order chi connectivity index (χ1) is 15.1. The van der Waals surface area contributed by atoms with E-state index in [2.05, 4.69) is 9.98 Å². The van der Waals surface area contributed by atoms with E-state index in [9.17, 15) is 9.18 Å². The van der Waals surface area contributed by atoms with E-state index in [-0.39, 0.29) is 12.5 Å². The summed E-state index contributed by atoms with van der Waals surface area (Å²) >= 11 is 0. The predicted octanol–water partition coefficient (Wildman–Crippen LogP) is 4.04. The number of benzene rings is 3. The standard InChI is InChI=1S/C25H19FN4O/c26-20-11-5-3-9-18(20)23-19-10-4-6-12-22(19)30(25(31)24(27)29-23)15-21-17-8-2-1-7-16(17)13-14-28-21/h1-14,24H,15,27H2. The summed E-state index contributed by atoms with van der Waals surface area (Å²) < 4.78 is 14.6. The van der Waals surface area contributed by atoms with Crippen LogP contribution in [0.1, 0.15) is 16.8 Å². The van der Waals surface area contributed by atoms with E-state index >= 15 is 0 Å². The summed E-state index contributed by atoms with van der Waals surface area (Å²) in [5, 5.41) is 2.00. The van der Waals surface area contributed by atoms with Crippen LogP contribution in [0.5, 0.6) is 0 Å². The molecule has 0 radical (unpaired) electrons. The molecular weight excluding hydrogens is 391 g/mol. The van der Waals surface area contributed by atoms with Gasteiger partial charge in [0.05, 0.1) is 23.6 Å². The van der Waals surface area contributed by atoms with E-state index in [1.165, 1.54) is 6.07 Å². The van der Waals surface area contributed by atoms with Gasteiger partial charge in [0.2, 0.25) is 0 Å². The number of anilines is 1. The third-order valence-corrected chi connectivity index (χ3v) is 5.43. The van der Waals surface area contributed by atoms with Gasteiger partial charge in [0, 0.05) is 22.7 Å². The molecule has 31 heavy (non-hydrogen) atoms. The highest BCUT2D eigenvalue weighted by atomic mass is 19.1. The molecule has 2 heterocycles. The molecule has 3 aromatic carbocycles. The summed E-state index contributed by atoms with van der Waals surface area (Å²) in [6, 6.07) is 23.5. The van der Waals surface area contributed by atoms with E-state index in [0.29, 0.717) is 22.5 Å². The summed E-state index contributed by atoms with van der Waals surface area (Å²) in [7, 11) is 0. The van der Waals surface area contributed by atoms with Gasteiger partial charge in [-0.1, -0.05) is 54.6 Å². The van der Waals surface area contributed by atoms with Gasteiger partial charge in [-0.05, 0) is 29.7 Å². The molecule has 152 valence electrons. The van der Waals surface area contributed by atoms with Crippen LogP contribution in [0.2, 0.25) is 0 Å². The van der Waals surface area contributed by atoms with Crippen LogP contribution >= 0.6 is 0 Å². The number of benzodiazepines with no additional fused rings is 1. The molecule has 0 saturated heterocycles. The van der Waals surface area contributed by atoms with Crippen LogP contribution in [-0.2, 0) is 11.3 Å². The maximum absolute atomic E-state index is 14.6. The van der Waals surface area contributed by atoms with Crippen molar-refractivity contribution in [2.24, 2.45) is 10.7 Å². The van der Waals surface area contributed by atoms with Crippen molar-refractivity contribution in [1.82, 2.24) is 4.98 Å². The highest BCUT2D eigenvalue weighted by Crippen LogP contribution is 2.30. The second-order valence-electron chi connectivity index (χ2n) is 7.32. The number of nitrogens with two attached hydrogens (primary N) is 1. The highest BCUT2D eigenvalue weighted by Gasteiger charge is 2.31. The predicted molar refractivity (Wildman–Crippen MR) is 119 cm³/mol. The first-order valence-electron chi connectivity index (χ1n) is 9.95. The summed E-state index contributed by atoms with van der Waals surface area (Å²) in [6.45, 7) is 0.227. The monoisotopic (exact) mass is 410 g/mol. The summed E-state index contributed by atoms with van der Waals surface area (Å²) in [4.78, 5) is 23.8. The molecule has 1 aromatic heterocycles. The first-order valence-corrected chi connectivity index (χ1v) is 9.95. The minimum absolute atomic E-state index is 0.227. The molecule has 6 heteroatoms. The van der Waals surface area contributed by atoms with Gasteiger partial charge in [-0.25, -0.2) is 4.39 Å². The van der Waals surface area contributed by atoms with Crippen molar-refractivity contribution in [3.05, 3.63) is 108 Å². The molecule has 1 atom stereocenters. The number of amides is 1. The Bertz CT molecular complexity index is 1330. The van der Waals surface area contributed by atoms with E-state index in [1.54, 1.807) is 29.3 Å². The zero-order valence-corrected chi connectivity index (χ0v) is 16.6. The van der Waals surface area contributed by atoms with Crippen LogP contribution in [-0.4, -0.2) is 22.8 Å². The van der Waals surface area contributed by atoms with E-state index in [0.717, 1.165) is 16.5 Å². The Balaban J connectivity index is 1.66. The van der Waals surface area contributed by atoms with E-state index < -0.39 is 12.0 Å². The third kappa shape index (κ3) is 3.37. The van der Waals surface area contributed by atoms with Gasteiger partial charge in [-0.2, -0.15) is 0 Å². The van der Waals surface area contributed by atoms with Crippen molar-refractivity contribution in [3.63, 3.8) is 0 Å². The number of fused-ring (bicyclic) bond motifs is 2. The molecule has 0 aliphatic carbocycles. The Morgan fingerprint density at radius 3 is 2.45 bits per heavy atom. The van der Waals surface area contributed by atoms with Gasteiger partial charge in [0.15, 0.2) is 6.17 Å². The lowest BCUT2D eigenvalue weighted by molar-refractivity contribution is -0.119. The van der Waals surface area contributed by atoms with Crippen molar-refractivity contribution in [1.29, 1.82) is 0 Å². The smallest absolute Gasteiger partial charge is 0.266 e. The number of hydrogen-bond donors (Lipinski definition) is 1. The molecule has 2 N–H and O–H groups in total. The van der Waals surface area contributed by atoms with E-state index in [1.807, 2.05) is 54.6 Å². The number of aromatic nitrogens is 1. The minimum atomic E-state index is -1.16. The number of carbonyl (C=O) groups excluding carboxylic acids is 1. The Morgan fingerprint density at radius 1 is 0.903 bits per heavy atom. The number of para-hydroxylation sites is 1. The highest BCUT2D eigenvalue weighted by molar-refractivity contribution is 6.20. The second kappa shape index (κ2) is 7.74. The molecule has 5 rings (SSSR count). The zero-order chi connectivity index (χ0) is 21.4. The Hall–Kier alpha value is -3.90. The third-order valence-electron chi connectivity index (χ3n) is 5.43. The van der Waals surface area contributed by atoms with Gasteiger partial charge in [-0.15, -0.1) is 0 Å². The van der Waals surface area contributed by atoms with Crippen molar-refractivity contribution < 1.29 is 9.18 Å². The average molecular weight is 410 g/mol. The van der Waals surface area contributed by atoms with Gasteiger partial charge in [0.25, 0.3) is 5.91 Å². The van der Waals surface area contributed by atoms with Crippen molar-refractivity contribution in [3.8, 4) is 0 Å². The SMILES string of the molecule is NC1N=C(c2ccccc2F)c2ccccc2N(Cc2nccc3ccccc23)C1=O. The maximum Gasteiger partial charge on any atom is 0.266 e. The lowest BCUT2D eigenvalue weighted by Crippen LogP contribution is -2.42. The summed E-state index contributed by atoms with van der Waals surface area (Å²) in [5.41, 5.74) is 8.87. The van der Waals surface area contributed by atoms with Gasteiger partial charge in [0.1, 0.15) is 5.82 Å². The van der Waals surface area contributed by atoms with Crippen LogP contribution in [0.15, 0.2) is 90.1 Å². The molecule has 1 amide bonds. The van der Waals surface area contributed by atoms with Crippen LogP contribution in [0, 0.1) is 5.82 Å². The molecule has 0 saturated carbocycles. The van der Waals surface area contributed by atoms with Crippen LogP contribution in [0.25, 0.3) is 10.8 Å². The second-order valence-corrected chi connectivity index (χ2v) is 7.32. The molecule has 4 aromatic rings. The summed E-state index contributed by atoms with van der Waals surface area (Å²) in [6.07, 6.45) is 0.574. The normalized spacial score (nSPS) is 16.1. The number of nitrogens with zero attached hydrogens (tertiary/aromatic N) is 3. The van der Waals surface area contributed by atoms with Crippen LogP contribution in [0.4, 0.5) is 10.1 Å². The molecule has 1 aliphatic rings. The van der Waals surface area contributed by atoms with Crippen LogP contribution < -0.4 is 10.6 Å². The molecule has 1 aliphatic heterocycles. The Morgan fingerprint density at radius 2 is 1.61 bits per heavy atom. The fourth-order valence-electron chi connectivity index (χ4n) is 3.94. The topological polar surface area (TPSA) is 71.6 Å². The van der Waals surface area contributed by atoms with Crippen LogP contribution in [0.3, 0.4) is 0 Å². The number of rotatable bonds is 3. The molecule has 0 fully saturated rings. The quantitative estimate of drug-likeness (QED) is 0.554. The number of carbonyl (C=O) groups is 1. The van der Waals surface area contributed by atoms with Crippen molar-refractivity contribution in [2.45, 2.75) is 12.7 Å². The molecule has 0 spiro atoms. The van der Waals surface area contributed by atoms with Gasteiger partial charge < -0.3 is 10.6 Å². The number of aliphatic imine (C=N–C) groups is 1. The maximum atomic E-state index is 14.6. The lowest BCUT2D eigenvalue weighted by Gasteiger charge is -2.24. The largest absolute Gasteiger partial charge is 0.303 e. The van der Waals surface area contributed by atoms with Crippen molar-refractivity contribution >= 4 is 28.1 Å². The minimum Gasteiger partial charge on any atom is -0.303 e. The molecule has 5 nitrogen and oxygen atoms in total. The number of pyridine rings is 1. The number of hydrogen-bond acceptors (Lipinski definition) is 4. The van der Waals surface area contributed by atoms with Crippen molar-refractivity contribution in [2.75, 3.05) is 4.90 Å². The fourth-order valence-corrected chi connectivity index (χ4v) is 3.94. The average Bonchev–Trinajstić information content (AvgIpc) is 2.90. The van der Waals surface area contributed by atoms with Gasteiger partial charge in [-0.3, -0.25) is 14.8 Å². The zero-order valence-electron chi connectivity index (χ0n) is 16.6. The fraction of sp³-hybridized carbons (Fsp3) is 0.0800. The van der Waals surface area contributed by atoms with Gasteiger partial charge >= 0.3 is 0 Å². The summed E-state index contributed by atoms with van der Waals surface area (Å²) in [5.74, 6) is -0.784. The number of halogens is 1. The Kier molecular flexibility index (Phi) is 4.76. The van der Waals surface area contributed by atoms with E-state index in [4.69, 9.17) is 5.73 Å². The Labute approximate surface area is 178 Å².